The van der Waals surface area contributed by atoms with Crippen LogP contribution in [0.15, 0.2) is 18.2 Å². The molecule has 2 N–H and O–H groups in total. The molecule has 1 rings (SSSR count). The SMILES string of the molecule is CCOc1cc(CNCC(C)O)ccc1OC.Cl. The van der Waals surface area contributed by atoms with Gasteiger partial charge in [0.25, 0.3) is 0 Å². The lowest BCUT2D eigenvalue weighted by molar-refractivity contribution is 0.191. The number of methoxy groups -OCH3 is 1. The number of aliphatic hydroxyl groups is 1. The summed E-state index contributed by atoms with van der Waals surface area (Å²) in [7, 11) is 1.63. The third kappa shape index (κ3) is 5.58. The Balaban J connectivity index is 0.00000289. The highest BCUT2D eigenvalue weighted by molar-refractivity contribution is 5.85. The van der Waals surface area contributed by atoms with E-state index in [1.165, 1.54) is 0 Å². The Morgan fingerprint density at radius 2 is 2.06 bits per heavy atom. The topological polar surface area (TPSA) is 50.7 Å². The highest BCUT2D eigenvalue weighted by Crippen LogP contribution is 2.27. The van der Waals surface area contributed by atoms with Crippen LogP contribution in [0.4, 0.5) is 0 Å². The van der Waals surface area contributed by atoms with Gasteiger partial charge in [0, 0.05) is 13.1 Å². The van der Waals surface area contributed by atoms with Gasteiger partial charge in [-0.05, 0) is 31.5 Å². The summed E-state index contributed by atoms with van der Waals surface area (Å²) in [4.78, 5) is 0. The molecule has 104 valence electrons. The summed E-state index contributed by atoms with van der Waals surface area (Å²) < 4.78 is 10.7. The van der Waals surface area contributed by atoms with Gasteiger partial charge in [-0.3, -0.25) is 0 Å². The number of hydrogen-bond donors (Lipinski definition) is 2. The highest BCUT2D eigenvalue weighted by Gasteiger charge is 2.05. The molecule has 0 spiro atoms. The van der Waals surface area contributed by atoms with Gasteiger partial charge in [-0.1, -0.05) is 6.07 Å². The fourth-order valence-corrected chi connectivity index (χ4v) is 1.52. The molecule has 1 atom stereocenters. The van der Waals surface area contributed by atoms with Crippen LogP contribution in [0.25, 0.3) is 0 Å². The first-order valence-electron chi connectivity index (χ1n) is 5.85. The highest BCUT2D eigenvalue weighted by atomic mass is 35.5. The monoisotopic (exact) mass is 275 g/mol. The molecule has 0 saturated heterocycles. The first kappa shape index (κ1) is 17.0. The fourth-order valence-electron chi connectivity index (χ4n) is 1.52. The smallest absolute Gasteiger partial charge is 0.161 e. The lowest BCUT2D eigenvalue weighted by atomic mass is 10.2. The number of ether oxygens (including phenoxy) is 2. The summed E-state index contributed by atoms with van der Waals surface area (Å²) in [5, 5.41) is 12.3. The average molecular weight is 276 g/mol. The lowest BCUT2D eigenvalue weighted by Gasteiger charge is -2.12. The molecule has 0 fully saturated rings. The molecule has 0 bridgehead atoms. The Morgan fingerprint density at radius 3 is 2.61 bits per heavy atom. The van der Waals surface area contributed by atoms with Crippen molar-refractivity contribution in [3.63, 3.8) is 0 Å². The number of halogens is 1. The van der Waals surface area contributed by atoms with Gasteiger partial charge in [-0.2, -0.15) is 0 Å². The van der Waals surface area contributed by atoms with E-state index in [-0.39, 0.29) is 18.5 Å². The third-order valence-electron chi connectivity index (χ3n) is 2.30. The van der Waals surface area contributed by atoms with E-state index in [0.29, 0.717) is 19.7 Å². The molecule has 0 aliphatic rings. The van der Waals surface area contributed by atoms with Crippen molar-refractivity contribution in [1.29, 1.82) is 0 Å². The van der Waals surface area contributed by atoms with Crippen molar-refractivity contribution < 1.29 is 14.6 Å². The molecule has 0 radical (unpaired) electrons. The van der Waals surface area contributed by atoms with Gasteiger partial charge in [0.15, 0.2) is 11.5 Å². The van der Waals surface area contributed by atoms with E-state index in [2.05, 4.69) is 5.32 Å². The van der Waals surface area contributed by atoms with Crippen molar-refractivity contribution in [2.24, 2.45) is 0 Å². The molecule has 0 aliphatic carbocycles. The second kappa shape index (κ2) is 9.03. The molecular weight excluding hydrogens is 254 g/mol. The molecule has 1 aromatic carbocycles. The van der Waals surface area contributed by atoms with Gasteiger partial charge in [-0.15, -0.1) is 12.4 Å². The Kier molecular flexibility index (Phi) is 8.54. The zero-order valence-electron chi connectivity index (χ0n) is 11.1. The number of benzene rings is 1. The normalized spacial score (nSPS) is 11.6. The van der Waals surface area contributed by atoms with Crippen molar-refractivity contribution in [2.45, 2.75) is 26.5 Å². The molecular formula is C13H22ClNO3. The van der Waals surface area contributed by atoms with E-state index in [9.17, 15) is 0 Å². The summed E-state index contributed by atoms with van der Waals surface area (Å²) in [6, 6.07) is 5.83. The van der Waals surface area contributed by atoms with Crippen LogP contribution in [0.2, 0.25) is 0 Å². The minimum atomic E-state index is -0.334. The van der Waals surface area contributed by atoms with E-state index >= 15 is 0 Å². The maximum Gasteiger partial charge on any atom is 0.161 e. The quantitative estimate of drug-likeness (QED) is 0.799. The molecule has 18 heavy (non-hydrogen) atoms. The first-order valence-corrected chi connectivity index (χ1v) is 5.85. The van der Waals surface area contributed by atoms with Crippen LogP contribution in [-0.4, -0.2) is 31.5 Å². The van der Waals surface area contributed by atoms with E-state index in [1.807, 2.05) is 25.1 Å². The zero-order valence-corrected chi connectivity index (χ0v) is 11.9. The van der Waals surface area contributed by atoms with Crippen molar-refractivity contribution in [3.8, 4) is 11.5 Å². The van der Waals surface area contributed by atoms with Crippen LogP contribution >= 0.6 is 12.4 Å². The largest absolute Gasteiger partial charge is 0.493 e. The lowest BCUT2D eigenvalue weighted by Crippen LogP contribution is -2.23. The van der Waals surface area contributed by atoms with Crippen LogP contribution in [0.3, 0.4) is 0 Å². The Hall–Kier alpha value is -0.970. The predicted molar refractivity (Wildman–Crippen MR) is 74.8 cm³/mol. The summed E-state index contributed by atoms with van der Waals surface area (Å²) in [6.45, 7) is 5.59. The molecule has 0 aromatic heterocycles. The van der Waals surface area contributed by atoms with Crippen LogP contribution in [0, 0.1) is 0 Å². The van der Waals surface area contributed by atoms with Crippen molar-refractivity contribution >= 4 is 12.4 Å². The molecule has 4 nitrogen and oxygen atoms in total. The first-order chi connectivity index (χ1) is 8.17. The van der Waals surface area contributed by atoms with Gasteiger partial charge >= 0.3 is 0 Å². The van der Waals surface area contributed by atoms with Gasteiger partial charge in [0.05, 0.1) is 19.8 Å². The molecule has 5 heteroatoms. The molecule has 0 saturated carbocycles. The molecule has 0 heterocycles. The van der Waals surface area contributed by atoms with E-state index < -0.39 is 0 Å². The van der Waals surface area contributed by atoms with Gasteiger partial charge in [-0.25, -0.2) is 0 Å². The second-order valence-electron chi connectivity index (χ2n) is 3.90. The van der Waals surface area contributed by atoms with E-state index in [1.54, 1.807) is 14.0 Å². The zero-order chi connectivity index (χ0) is 12.7. The van der Waals surface area contributed by atoms with Crippen LogP contribution in [-0.2, 0) is 6.54 Å². The second-order valence-corrected chi connectivity index (χ2v) is 3.90. The third-order valence-corrected chi connectivity index (χ3v) is 2.30. The number of rotatable bonds is 7. The minimum absolute atomic E-state index is 0. The minimum Gasteiger partial charge on any atom is -0.493 e. The molecule has 0 amide bonds. The average Bonchev–Trinajstić information content (AvgIpc) is 2.29. The molecule has 0 aliphatic heterocycles. The Morgan fingerprint density at radius 1 is 1.33 bits per heavy atom. The van der Waals surface area contributed by atoms with E-state index in [0.717, 1.165) is 17.1 Å². The van der Waals surface area contributed by atoms with E-state index in [4.69, 9.17) is 14.6 Å². The van der Waals surface area contributed by atoms with Crippen LogP contribution in [0.1, 0.15) is 19.4 Å². The van der Waals surface area contributed by atoms with Crippen molar-refractivity contribution in [2.75, 3.05) is 20.3 Å². The fraction of sp³-hybridized carbons (Fsp3) is 0.538. The molecule has 1 unspecified atom stereocenters. The maximum atomic E-state index is 9.14. The predicted octanol–water partition coefficient (Wildman–Crippen LogP) is 1.99. The number of aliphatic hydroxyl groups excluding tert-OH is 1. The number of hydrogen-bond acceptors (Lipinski definition) is 4. The van der Waals surface area contributed by atoms with Gasteiger partial charge in [0.2, 0.25) is 0 Å². The summed E-state index contributed by atoms with van der Waals surface area (Å²) >= 11 is 0. The summed E-state index contributed by atoms with van der Waals surface area (Å²) in [5.74, 6) is 1.50. The Labute approximate surface area is 115 Å². The van der Waals surface area contributed by atoms with Gasteiger partial charge < -0.3 is 19.9 Å². The van der Waals surface area contributed by atoms with Gasteiger partial charge in [0.1, 0.15) is 0 Å². The summed E-state index contributed by atoms with van der Waals surface area (Å²) in [6.07, 6.45) is -0.334. The van der Waals surface area contributed by atoms with Crippen molar-refractivity contribution in [1.82, 2.24) is 5.32 Å². The molecule has 1 aromatic rings. The maximum absolute atomic E-state index is 9.14. The standard InChI is InChI=1S/C13H21NO3.ClH/c1-4-17-13-7-11(5-6-12(13)16-3)9-14-8-10(2)15;/h5-7,10,14-15H,4,8-9H2,1-3H3;1H. The van der Waals surface area contributed by atoms with Crippen LogP contribution in [0.5, 0.6) is 11.5 Å². The summed E-state index contributed by atoms with van der Waals surface area (Å²) in [5.41, 5.74) is 1.11. The Bertz CT molecular complexity index is 345. The van der Waals surface area contributed by atoms with Crippen molar-refractivity contribution in [3.05, 3.63) is 23.8 Å². The number of nitrogens with one attached hydrogen (secondary N) is 1. The van der Waals surface area contributed by atoms with Crippen LogP contribution < -0.4 is 14.8 Å².